The van der Waals surface area contributed by atoms with Crippen molar-refractivity contribution in [1.82, 2.24) is 0 Å². The lowest BCUT2D eigenvalue weighted by Gasteiger charge is -2.12. The van der Waals surface area contributed by atoms with E-state index in [1.54, 1.807) is 37.3 Å². The van der Waals surface area contributed by atoms with E-state index >= 15 is 0 Å². The first kappa shape index (κ1) is 14.7. The number of carbonyl (C=O) groups is 1. The molecular weight excluding hydrogens is 268 g/mol. The molecule has 0 heterocycles. The van der Waals surface area contributed by atoms with Crippen LogP contribution in [0.2, 0.25) is 0 Å². The minimum absolute atomic E-state index is 0.0115. The summed E-state index contributed by atoms with van der Waals surface area (Å²) in [6, 6.07) is 16.3. The minimum atomic E-state index is -0.988. The molecule has 0 saturated carbocycles. The lowest BCUT2D eigenvalue weighted by molar-refractivity contribution is -0.130. The fourth-order valence-corrected chi connectivity index (χ4v) is 1.89. The van der Waals surface area contributed by atoms with Gasteiger partial charge in [0.1, 0.15) is 11.5 Å². The van der Waals surface area contributed by atoms with E-state index in [-0.39, 0.29) is 12.4 Å². The topological polar surface area (TPSA) is 55.8 Å². The van der Waals surface area contributed by atoms with Crippen LogP contribution in [0.3, 0.4) is 0 Å². The predicted molar refractivity (Wildman–Crippen MR) is 80.3 cm³/mol. The molecule has 108 valence electrons. The van der Waals surface area contributed by atoms with Crippen LogP contribution in [0, 0.1) is 0 Å². The van der Waals surface area contributed by atoms with Gasteiger partial charge < -0.3 is 14.6 Å². The average molecular weight is 284 g/mol. The van der Waals surface area contributed by atoms with Crippen molar-refractivity contribution in [2.45, 2.75) is 6.92 Å². The van der Waals surface area contributed by atoms with Crippen LogP contribution in [0.5, 0.6) is 11.5 Å². The molecule has 4 nitrogen and oxygen atoms in total. The molecule has 0 fully saturated rings. The number of hydrogen-bond donors (Lipinski definition) is 1. The van der Waals surface area contributed by atoms with Crippen molar-refractivity contribution in [1.29, 1.82) is 0 Å². The molecule has 21 heavy (non-hydrogen) atoms. The van der Waals surface area contributed by atoms with Gasteiger partial charge >= 0.3 is 5.97 Å². The Morgan fingerprint density at radius 2 is 1.71 bits per heavy atom. The highest BCUT2D eigenvalue weighted by Crippen LogP contribution is 2.26. The second kappa shape index (κ2) is 7.14. The number of rotatable bonds is 6. The van der Waals surface area contributed by atoms with Crippen LogP contribution in [0.4, 0.5) is 0 Å². The Morgan fingerprint density at radius 1 is 1.05 bits per heavy atom. The highest BCUT2D eigenvalue weighted by molar-refractivity contribution is 6.16. The van der Waals surface area contributed by atoms with E-state index in [4.69, 9.17) is 9.47 Å². The summed E-state index contributed by atoms with van der Waals surface area (Å²) in [5.41, 5.74) is 0.731. The van der Waals surface area contributed by atoms with Crippen molar-refractivity contribution in [2.24, 2.45) is 0 Å². The number of aliphatic carboxylic acids is 1. The molecule has 0 atom stereocenters. The van der Waals surface area contributed by atoms with Gasteiger partial charge in [-0.1, -0.05) is 42.5 Å². The van der Waals surface area contributed by atoms with Gasteiger partial charge in [-0.3, -0.25) is 0 Å². The maximum atomic E-state index is 11.2. The van der Waals surface area contributed by atoms with Crippen molar-refractivity contribution in [3.8, 4) is 11.5 Å². The molecule has 4 heteroatoms. The monoisotopic (exact) mass is 284 g/mol. The molecule has 0 aliphatic rings. The van der Waals surface area contributed by atoms with Gasteiger partial charge in [0.05, 0.1) is 5.57 Å². The summed E-state index contributed by atoms with van der Waals surface area (Å²) in [7, 11) is 0. The zero-order valence-electron chi connectivity index (χ0n) is 11.7. The Kier molecular flexibility index (Phi) is 4.99. The van der Waals surface area contributed by atoms with Crippen molar-refractivity contribution in [2.75, 3.05) is 6.79 Å². The molecule has 0 radical (unpaired) electrons. The smallest absolute Gasteiger partial charge is 0.336 e. The van der Waals surface area contributed by atoms with Crippen molar-refractivity contribution in [3.63, 3.8) is 0 Å². The fraction of sp³-hybridized carbons (Fsp3) is 0.118. The van der Waals surface area contributed by atoms with Crippen LogP contribution in [0.15, 0.2) is 60.7 Å². The first-order valence-electron chi connectivity index (χ1n) is 6.52. The highest BCUT2D eigenvalue weighted by atomic mass is 16.7. The van der Waals surface area contributed by atoms with E-state index in [0.717, 1.165) is 0 Å². The highest BCUT2D eigenvalue weighted by Gasteiger charge is 2.14. The molecular formula is C17H16O4. The Labute approximate surface area is 123 Å². The minimum Gasteiger partial charge on any atom is -0.478 e. The zero-order chi connectivity index (χ0) is 15.1. The third-order valence-electron chi connectivity index (χ3n) is 2.88. The average Bonchev–Trinajstić information content (AvgIpc) is 2.50. The van der Waals surface area contributed by atoms with Gasteiger partial charge in [-0.15, -0.1) is 0 Å². The zero-order valence-corrected chi connectivity index (χ0v) is 11.7. The molecule has 0 unspecified atom stereocenters. The predicted octanol–water partition coefficient (Wildman–Crippen LogP) is 3.59. The summed E-state index contributed by atoms with van der Waals surface area (Å²) in [6.07, 6.45) is 1.54. The number of para-hydroxylation sites is 2. The molecule has 0 spiro atoms. The van der Waals surface area contributed by atoms with Gasteiger partial charge in [0.2, 0.25) is 6.79 Å². The summed E-state index contributed by atoms with van der Waals surface area (Å²) < 4.78 is 11.0. The summed E-state index contributed by atoms with van der Waals surface area (Å²) in [4.78, 5) is 11.2. The standard InChI is InChI=1S/C17H16O4/c1-2-14(17(18)19)15-10-6-7-11-16(15)21-12-20-13-8-4-3-5-9-13/h2-11H,12H2,1H3,(H,18,19)/b14-2-. The van der Waals surface area contributed by atoms with E-state index in [9.17, 15) is 9.90 Å². The second-order valence-corrected chi connectivity index (χ2v) is 4.22. The normalized spacial score (nSPS) is 11.0. The van der Waals surface area contributed by atoms with E-state index in [0.29, 0.717) is 17.1 Å². The summed E-state index contributed by atoms with van der Waals surface area (Å²) >= 11 is 0. The SMILES string of the molecule is C/C=C(\C(=O)O)c1ccccc1OCOc1ccccc1. The number of allylic oxidation sites excluding steroid dienone is 1. The Bertz CT molecular complexity index is 632. The molecule has 0 aliphatic carbocycles. The number of benzene rings is 2. The fourth-order valence-electron chi connectivity index (χ4n) is 1.89. The first-order chi connectivity index (χ1) is 10.2. The Balaban J connectivity index is 2.09. The van der Waals surface area contributed by atoms with Gasteiger partial charge in [-0.2, -0.15) is 0 Å². The molecule has 2 aromatic rings. The van der Waals surface area contributed by atoms with Crippen LogP contribution in [-0.4, -0.2) is 17.9 Å². The van der Waals surface area contributed by atoms with Gasteiger partial charge in [0.25, 0.3) is 0 Å². The molecule has 0 aliphatic heterocycles. The third-order valence-corrected chi connectivity index (χ3v) is 2.88. The van der Waals surface area contributed by atoms with Crippen LogP contribution in [0.1, 0.15) is 12.5 Å². The van der Waals surface area contributed by atoms with Crippen molar-refractivity contribution < 1.29 is 19.4 Å². The second-order valence-electron chi connectivity index (χ2n) is 4.22. The molecule has 0 amide bonds. The largest absolute Gasteiger partial charge is 0.478 e. The van der Waals surface area contributed by atoms with Gasteiger partial charge in [0.15, 0.2) is 0 Å². The Hall–Kier alpha value is -2.75. The maximum absolute atomic E-state index is 11.2. The molecule has 1 N–H and O–H groups in total. The molecule has 2 rings (SSSR count). The van der Waals surface area contributed by atoms with E-state index in [1.807, 2.05) is 30.3 Å². The van der Waals surface area contributed by atoms with E-state index in [1.165, 1.54) is 0 Å². The molecule has 0 bridgehead atoms. The number of carboxylic acid groups (broad SMARTS) is 1. The van der Waals surface area contributed by atoms with Crippen LogP contribution < -0.4 is 9.47 Å². The van der Waals surface area contributed by atoms with Crippen LogP contribution in [0.25, 0.3) is 5.57 Å². The van der Waals surface area contributed by atoms with E-state index in [2.05, 4.69) is 0 Å². The molecule has 0 saturated heterocycles. The lowest BCUT2D eigenvalue weighted by atomic mass is 10.1. The number of carboxylic acids is 1. The quantitative estimate of drug-likeness (QED) is 0.650. The van der Waals surface area contributed by atoms with E-state index < -0.39 is 5.97 Å². The van der Waals surface area contributed by atoms with Crippen LogP contribution >= 0.6 is 0 Å². The van der Waals surface area contributed by atoms with Crippen molar-refractivity contribution in [3.05, 3.63) is 66.2 Å². The summed E-state index contributed by atoms with van der Waals surface area (Å²) in [5.74, 6) is 0.181. The number of ether oxygens (including phenoxy) is 2. The third kappa shape index (κ3) is 3.86. The maximum Gasteiger partial charge on any atom is 0.336 e. The summed E-state index contributed by atoms with van der Waals surface area (Å²) in [5, 5.41) is 9.20. The van der Waals surface area contributed by atoms with Gasteiger partial charge in [0, 0.05) is 5.56 Å². The van der Waals surface area contributed by atoms with Gasteiger partial charge in [-0.05, 0) is 25.1 Å². The molecule has 2 aromatic carbocycles. The van der Waals surface area contributed by atoms with Crippen LogP contribution in [-0.2, 0) is 4.79 Å². The van der Waals surface area contributed by atoms with Crippen molar-refractivity contribution >= 4 is 11.5 Å². The number of hydrogen-bond acceptors (Lipinski definition) is 3. The Morgan fingerprint density at radius 3 is 2.38 bits per heavy atom. The lowest BCUT2D eigenvalue weighted by Crippen LogP contribution is -2.08. The summed E-state index contributed by atoms with van der Waals surface area (Å²) in [6.45, 7) is 1.69. The molecule has 0 aromatic heterocycles. The first-order valence-corrected chi connectivity index (χ1v) is 6.52. The van der Waals surface area contributed by atoms with Gasteiger partial charge in [-0.25, -0.2) is 4.79 Å².